The lowest BCUT2D eigenvalue weighted by atomic mass is 10.2. The van der Waals surface area contributed by atoms with Crippen molar-refractivity contribution in [3.8, 4) is 0 Å². The van der Waals surface area contributed by atoms with E-state index in [0.29, 0.717) is 0 Å². The number of aliphatic hydroxyl groups excluding tert-OH is 1. The van der Waals surface area contributed by atoms with E-state index < -0.39 is 0 Å². The average molecular weight is 228 g/mol. The van der Waals surface area contributed by atoms with Crippen molar-refractivity contribution in [3.05, 3.63) is 34.1 Å². The van der Waals surface area contributed by atoms with Gasteiger partial charge < -0.3 is 5.11 Å². The van der Waals surface area contributed by atoms with Gasteiger partial charge in [0.2, 0.25) is 0 Å². The standard InChI is InChI=1S/C9H10BrNO/c1-7(6-12)4-9-3-2-8(10)5-11-9/h2-5,12H,6H2,1H3/b7-4+. The molecule has 0 spiro atoms. The quantitative estimate of drug-likeness (QED) is 0.841. The van der Waals surface area contributed by atoms with Gasteiger partial charge in [-0.3, -0.25) is 4.98 Å². The molecule has 2 nitrogen and oxygen atoms in total. The van der Waals surface area contributed by atoms with E-state index in [2.05, 4.69) is 20.9 Å². The molecule has 3 heteroatoms. The van der Waals surface area contributed by atoms with Crippen LogP contribution in [0.25, 0.3) is 6.08 Å². The van der Waals surface area contributed by atoms with Gasteiger partial charge >= 0.3 is 0 Å². The topological polar surface area (TPSA) is 33.1 Å². The van der Waals surface area contributed by atoms with Crippen LogP contribution in [0, 0.1) is 0 Å². The molecule has 1 aromatic rings. The van der Waals surface area contributed by atoms with Crippen molar-refractivity contribution in [2.75, 3.05) is 6.61 Å². The van der Waals surface area contributed by atoms with Gasteiger partial charge in [-0.1, -0.05) is 0 Å². The molecule has 64 valence electrons. The van der Waals surface area contributed by atoms with Gasteiger partial charge in [-0.2, -0.15) is 0 Å². The average Bonchev–Trinajstić information content (AvgIpc) is 2.09. The van der Waals surface area contributed by atoms with Crippen LogP contribution in [0.5, 0.6) is 0 Å². The van der Waals surface area contributed by atoms with Crippen LogP contribution >= 0.6 is 15.9 Å². The van der Waals surface area contributed by atoms with E-state index >= 15 is 0 Å². The monoisotopic (exact) mass is 227 g/mol. The first kappa shape index (κ1) is 9.42. The number of pyridine rings is 1. The molecule has 0 saturated heterocycles. The number of hydrogen-bond acceptors (Lipinski definition) is 2. The molecule has 0 fully saturated rings. The molecule has 0 amide bonds. The number of aliphatic hydroxyl groups is 1. The summed E-state index contributed by atoms with van der Waals surface area (Å²) in [5, 5.41) is 8.75. The first-order valence-corrected chi connectivity index (χ1v) is 4.41. The highest BCUT2D eigenvalue weighted by molar-refractivity contribution is 9.10. The summed E-state index contributed by atoms with van der Waals surface area (Å²) >= 11 is 3.30. The first-order valence-electron chi connectivity index (χ1n) is 3.62. The lowest BCUT2D eigenvalue weighted by Gasteiger charge is -1.95. The molecule has 0 aliphatic carbocycles. The minimum Gasteiger partial charge on any atom is -0.392 e. The molecule has 0 atom stereocenters. The minimum atomic E-state index is 0.0811. The predicted octanol–water partition coefficient (Wildman–Crippen LogP) is 2.24. The zero-order chi connectivity index (χ0) is 8.97. The van der Waals surface area contributed by atoms with Gasteiger partial charge in [-0.05, 0) is 46.6 Å². The second-order valence-electron chi connectivity index (χ2n) is 2.55. The molecule has 0 unspecified atom stereocenters. The van der Waals surface area contributed by atoms with Crippen molar-refractivity contribution in [1.82, 2.24) is 4.98 Å². The smallest absolute Gasteiger partial charge is 0.0642 e. The minimum absolute atomic E-state index is 0.0811. The van der Waals surface area contributed by atoms with Crippen LogP contribution in [-0.2, 0) is 0 Å². The van der Waals surface area contributed by atoms with Crippen molar-refractivity contribution < 1.29 is 5.11 Å². The van der Waals surface area contributed by atoms with Gasteiger partial charge in [-0.25, -0.2) is 0 Å². The third kappa shape index (κ3) is 2.75. The summed E-state index contributed by atoms with van der Waals surface area (Å²) in [7, 11) is 0. The Labute approximate surface area is 80.1 Å². The zero-order valence-electron chi connectivity index (χ0n) is 6.79. The number of rotatable bonds is 2. The van der Waals surface area contributed by atoms with Crippen LogP contribution in [0.15, 0.2) is 28.4 Å². The van der Waals surface area contributed by atoms with Crippen molar-refractivity contribution in [2.24, 2.45) is 0 Å². The van der Waals surface area contributed by atoms with E-state index in [9.17, 15) is 0 Å². The maximum absolute atomic E-state index is 8.75. The summed E-state index contributed by atoms with van der Waals surface area (Å²) in [6, 6.07) is 3.81. The maximum atomic E-state index is 8.75. The van der Waals surface area contributed by atoms with Gasteiger partial charge in [0.05, 0.1) is 12.3 Å². The molecule has 1 rings (SSSR count). The summed E-state index contributed by atoms with van der Waals surface area (Å²) in [5.41, 5.74) is 1.77. The van der Waals surface area contributed by atoms with Gasteiger partial charge in [0, 0.05) is 10.7 Å². The fraction of sp³-hybridized carbons (Fsp3) is 0.222. The number of aromatic nitrogens is 1. The highest BCUT2D eigenvalue weighted by Gasteiger charge is 1.91. The molecular weight excluding hydrogens is 218 g/mol. The van der Waals surface area contributed by atoms with E-state index in [-0.39, 0.29) is 6.61 Å². The summed E-state index contributed by atoms with van der Waals surface area (Å²) in [4.78, 5) is 4.13. The molecule has 0 bridgehead atoms. The Morgan fingerprint density at radius 3 is 2.92 bits per heavy atom. The first-order chi connectivity index (χ1) is 5.72. The molecule has 1 N–H and O–H groups in total. The second kappa shape index (κ2) is 4.38. The third-order valence-corrected chi connectivity index (χ3v) is 1.86. The van der Waals surface area contributed by atoms with Crippen LogP contribution in [0.4, 0.5) is 0 Å². The van der Waals surface area contributed by atoms with E-state index in [4.69, 9.17) is 5.11 Å². The Hall–Kier alpha value is -0.670. The Morgan fingerprint density at radius 1 is 1.67 bits per heavy atom. The summed E-state index contributed by atoms with van der Waals surface area (Å²) in [5.74, 6) is 0. The highest BCUT2D eigenvalue weighted by Crippen LogP contribution is 2.09. The predicted molar refractivity (Wildman–Crippen MR) is 52.7 cm³/mol. The summed E-state index contributed by atoms with van der Waals surface area (Å²) < 4.78 is 0.960. The highest BCUT2D eigenvalue weighted by atomic mass is 79.9. The van der Waals surface area contributed by atoms with Gasteiger partial charge in [0.1, 0.15) is 0 Å². The fourth-order valence-electron chi connectivity index (χ4n) is 0.771. The molecule has 1 aromatic heterocycles. The molecule has 0 aromatic carbocycles. The fourth-order valence-corrected chi connectivity index (χ4v) is 1.01. The largest absolute Gasteiger partial charge is 0.392 e. The Balaban J connectivity index is 2.84. The Kier molecular flexibility index (Phi) is 3.44. The zero-order valence-corrected chi connectivity index (χ0v) is 8.37. The molecule has 0 saturated carbocycles. The maximum Gasteiger partial charge on any atom is 0.0642 e. The normalized spacial score (nSPS) is 11.8. The molecule has 12 heavy (non-hydrogen) atoms. The van der Waals surface area contributed by atoms with E-state index in [1.165, 1.54) is 0 Å². The molecule has 1 heterocycles. The molecular formula is C9H10BrNO. The van der Waals surface area contributed by atoms with E-state index in [0.717, 1.165) is 15.7 Å². The van der Waals surface area contributed by atoms with Gasteiger partial charge in [0.25, 0.3) is 0 Å². The Bertz CT molecular complexity index is 279. The lowest BCUT2D eigenvalue weighted by molar-refractivity contribution is 0.332. The molecule has 0 aliphatic heterocycles. The Morgan fingerprint density at radius 2 is 2.42 bits per heavy atom. The molecule has 0 aliphatic rings. The number of nitrogens with zero attached hydrogens (tertiary/aromatic N) is 1. The van der Waals surface area contributed by atoms with Crippen LogP contribution in [0.1, 0.15) is 12.6 Å². The van der Waals surface area contributed by atoms with Crippen molar-refractivity contribution in [3.63, 3.8) is 0 Å². The number of halogens is 1. The van der Waals surface area contributed by atoms with Crippen LogP contribution in [0.2, 0.25) is 0 Å². The SMILES string of the molecule is C/C(=C\c1ccc(Br)cn1)CO. The van der Waals surface area contributed by atoms with Crippen LogP contribution < -0.4 is 0 Å². The van der Waals surface area contributed by atoms with Gasteiger partial charge in [-0.15, -0.1) is 0 Å². The second-order valence-corrected chi connectivity index (χ2v) is 3.47. The van der Waals surface area contributed by atoms with E-state index in [1.54, 1.807) is 6.20 Å². The summed E-state index contributed by atoms with van der Waals surface area (Å²) in [6.45, 7) is 1.95. The molecule has 0 radical (unpaired) electrons. The van der Waals surface area contributed by atoms with Crippen LogP contribution in [0.3, 0.4) is 0 Å². The van der Waals surface area contributed by atoms with Crippen molar-refractivity contribution in [1.29, 1.82) is 0 Å². The number of hydrogen-bond donors (Lipinski definition) is 1. The van der Waals surface area contributed by atoms with Crippen molar-refractivity contribution >= 4 is 22.0 Å². The van der Waals surface area contributed by atoms with E-state index in [1.807, 2.05) is 25.1 Å². The lowest BCUT2D eigenvalue weighted by Crippen LogP contribution is -1.85. The van der Waals surface area contributed by atoms with Crippen LogP contribution in [-0.4, -0.2) is 16.7 Å². The third-order valence-electron chi connectivity index (χ3n) is 1.39. The van der Waals surface area contributed by atoms with Crippen molar-refractivity contribution in [2.45, 2.75) is 6.92 Å². The summed E-state index contributed by atoms with van der Waals surface area (Å²) in [6.07, 6.45) is 3.59. The van der Waals surface area contributed by atoms with Gasteiger partial charge in [0.15, 0.2) is 0 Å².